The zero-order valence-corrected chi connectivity index (χ0v) is 13.0. The number of ether oxygens (including phenoxy) is 1. The molecule has 1 fully saturated rings. The van der Waals surface area contributed by atoms with Gasteiger partial charge in [-0.2, -0.15) is 0 Å². The number of nitrogens with one attached hydrogen (secondary N) is 1. The topological polar surface area (TPSA) is 21.3 Å². The maximum Gasteiger partial charge on any atom is 0.120 e. The molecule has 0 radical (unpaired) electrons. The van der Waals surface area contributed by atoms with E-state index in [0.29, 0.717) is 6.10 Å². The van der Waals surface area contributed by atoms with Crippen molar-refractivity contribution < 1.29 is 4.74 Å². The van der Waals surface area contributed by atoms with Gasteiger partial charge >= 0.3 is 0 Å². The van der Waals surface area contributed by atoms with Crippen LogP contribution in [0.1, 0.15) is 12.8 Å². The van der Waals surface area contributed by atoms with E-state index in [-0.39, 0.29) is 12.4 Å². The Morgan fingerprint density at radius 3 is 2.47 bits per heavy atom. The molecular weight excluding hydrogens is 326 g/mol. The highest BCUT2D eigenvalue weighted by atomic mass is 79.9. The van der Waals surface area contributed by atoms with Crippen LogP contribution in [0.25, 0.3) is 10.8 Å². The Bertz CT molecular complexity index is 555. The molecule has 3 rings (SSSR count). The Balaban J connectivity index is 0.00000133. The summed E-state index contributed by atoms with van der Waals surface area (Å²) in [6.45, 7) is 2.12. The number of hydrogen-bond donors (Lipinski definition) is 1. The lowest BCUT2D eigenvalue weighted by Crippen LogP contribution is -2.34. The van der Waals surface area contributed by atoms with Crippen LogP contribution in [0.15, 0.2) is 40.9 Å². The van der Waals surface area contributed by atoms with Crippen molar-refractivity contribution in [3.63, 3.8) is 0 Å². The molecule has 1 saturated heterocycles. The number of piperidine rings is 1. The van der Waals surface area contributed by atoms with Gasteiger partial charge < -0.3 is 10.1 Å². The molecule has 0 aliphatic carbocycles. The van der Waals surface area contributed by atoms with Crippen molar-refractivity contribution in [2.24, 2.45) is 0 Å². The number of fused-ring (bicyclic) bond motifs is 1. The van der Waals surface area contributed by atoms with Crippen LogP contribution in [0.2, 0.25) is 0 Å². The normalized spacial score (nSPS) is 16.1. The summed E-state index contributed by atoms with van der Waals surface area (Å²) >= 11 is 3.49. The van der Waals surface area contributed by atoms with E-state index in [0.717, 1.165) is 36.2 Å². The van der Waals surface area contributed by atoms with Gasteiger partial charge in [0.1, 0.15) is 11.9 Å². The van der Waals surface area contributed by atoms with Crippen molar-refractivity contribution in [3.8, 4) is 5.75 Å². The summed E-state index contributed by atoms with van der Waals surface area (Å²) in [5.41, 5.74) is 0. The van der Waals surface area contributed by atoms with E-state index in [2.05, 4.69) is 57.6 Å². The highest BCUT2D eigenvalue weighted by molar-refractivity contribution is 9.10. The number of rotatable bonds is 2. The van der Waals surface area contributed by atoms with Crippen LogP contribution in [-0.2, 0) is 0 Å². The van der Waals surface area contributed by atoms with Crippen LogP contribution in [0, 0.1) is 0 Å². The summed E-state index contributed by atoms with van der Waals surface area (Å²) < 4.78 is 7.15. The molecule has 0 aromatic heterocycles. The molecule has 1 N–H and O–H groups in total. The fraction of sp³-hybridized carbons (Fsp3) is 0.333. The van der Waals surface area contributed by atoms with E-state index in [1.165, 1.54) is 10.8 Å². The Morgan fingerprint density at radius 1 is 1.00 bits per heavy atom. The van der Waals surface area contributed by atoms with E-state index in [9.17, 15) is 0 Å². The summed E-state index contributed by atoms with van der Waals surface area (Å²) in [5.74, 6) is 0.983. The monoisotopic (exact) mass is 341 g/mol. The third kappa shape index (κ3) is 3.62. The second-order valence-corrected chi connectivity index (χ2v) is 5.64. The number of benzene rings is 2. The lowest BCUT2D eigenvalue weighted by Gasteiger charge is -2.24. The van der Waals surface area contributed by atoms with E-state index in [4.69, 9.17) is 4.74 Å². The van der Waals surface area contributed by atoms with Gasteiger partial charge in [0, 0.05) is 4.47 Å². The Labute approximate surface area is 128 Å². The third-order valence-corrected chi connectivity index (χ3v) is 3.86. The van der Waals surface area contributed by atoms with Crippen molar-refractivity contribution in [1.82, 2.24) is 5.32 Å². The molecule has 1 heterocycles. The molecule has 0 spiro atoms. The molecule has 0 bridgehead atoms. The quantitative estimate of drug-likeness (QED) is 0.885. The molecule has 0 unspecified atom stereocenters. The van der Waals surface area contributed by atoms with Gasteiger partial charge in [-0.15, -0.1) is 12.4 Å². The van der Waals surface area contributed by atoms with Crippen LogP contribution in [0.4, 0.5) is 0 Å². The van der Waals surface area contributed by atoms with Crippen molar-refractivity contribution in [1.29, 1.82) is 0 Å². The summed E-state index contributed by atoms with van der Waals surface area (Å²) in [7, 11) is 0. The fourth-order valence-electron chi connectivity index (χ4n) is 2.37. The molecule has 19 heavy (non-hydrogen) atoms. The molecule has 2 aromatic carbocycles. The minimum absolute atomic E-state index is 0. The summed E-state index contributed by atoms with van der Waals surface area (Å²) in [4.78, 5) is 0. The van der Waals surface area contributed by atoms with E-state index < -0.39 is 0 Å². The fourth-order valence-corrected chi connectivity index (χ4v) is 2.75. The van der Waals surface area contributed by atoms with Gasteiger partial charge in [-0.25, -0.2) is 0 Å². The van der Waals surface area contributed by atoms with Gasteiger partial charge in [0.25, 0.3) is 0 Å². The zero-order chi connectivity index (χ0) is 12.4. The molecule has 102 valence electrons. The highest BCUT2D eigenvalue weighted by Gasteiger charge is 2.14. The van der Waals surface area contributed by atoms with Crippen LogP contribution in [0.3, 0.4) is 0 Å². The Hall–Kier alpha value is -0.770. The van der Waals surface area contributed by atoms with Gasteiger partial charge in [-0.3, -0.25) is 0 Å². The first-order chi connectivity index (χ1) is 8.81. The van der Waals surface area contributed by atoms with E-state index in [1.54, 1.807) is 0 Å². The second-order valence-electron chi connectivity index (χ2n) is 4.72. The van der Waals surface area contributed by atoms with Gasteiger partial charge in [-0.05, 0) is 61.0 Å². The summed E-state index contributed by atoms with van der Waals surface area (Å²) in [5, 5.41) is 5.82. The number of hydrogen-bond acceptors (Lipinski definition) is 2. The predicted molar refractivity (Wildman–Crippen MR) is 85.4 cm³/mol. The molecule has 0 atom stereocenters. The van der Waals surface area contributed by atoms with Crippen molar-refractivity contribution in [2.45, 2.75) is 18.9 Å². The third-order valence-electron chi connectivity index (χ3n) is 3.36. The van der Waals surface area contributed by atoms with Crippen LogP contribution >= 0.6 is 28.3 Å². The van der Waals surface area contributed by atoms with Crippen molar-refractivity contribution >= 4 is 39.1 Å². The summed E-state index contributed by atoms with van der Waals surface area (Å²) in [6, 6.07) is 12.6. The first-order valence-corrected chi connectivity index (χ1v) is 7.17. The van der Waals surface area contributed by atoms with Gasteiger partial charge in [-0.1, -0.05) is 28.1 Å². The molecule has 2 aromatic rings. The number of halogens is 2. The second kappa shape index (κ2) is 6.60. The van der Waals surface area contributed by atoms with Crippen LogP contribution in [-0.4, -0.2) is 19.2 Å². The van der Waals surface area contributed by atoms with Crippen molar-refractivity contribution in [3.05, 3.63) is 40.9 Å². The molecule has 1 aliphatic rings. The lowest BCUT2D eigenvalue weighted by molar-refractivity contribution is 0.162. The molecule has 2 nitrogen and oxygen atoms in total. The van der Waals surface area contributed by atoms with E-state index >= 15 is 0 Å². The molecule has 0 amide bonds. The van der Waals surface area contributed by atoms with Gasteiger partial charge in [0.05, 0.1) is 0 Å². The van der Waals surface area contributed by atoms with Crippen molar-refractivity contribution in [2.75, 3.05) is 13.1 Å². The SMILES string of the molecule is Brc1ccc2cc(OC3CCNCC3)ccc2c1.Cl. The smallest absolute Gasteiger partial charge is 0.120 e. The predicted octanol–water partition coefficient (Wildman–Crippen LogP) is 4.15. The average Bonchev–Trinajstić information content (AvgIpc) is 2.40. The molecular formula is C15H17BrClNO. The minimum atomic E-state index is 0. The van der Waals surface area contributed by atoms with Gasteiger partial charge in [0.15, 0.2) is 0 Å². The standard InChI is InChI=1S/C15H16BrNO.ClH/c16-13-3-1-12-10-15(4-2-11(12)9-13)18-14-5-7-17-8-6-14;/h1-4,9-10,14,17H,5-8H2;1H. The molecule has 1 aliphatic heterocycles. The zero-order valence-electron chi connectivity index (χ0n) is 10.6. The average molecular weight is 343 g/mol. The van der Waals surface area contributed by atoms with E-state index in [1.807, 2.05) is 0 Å². The van der Waals surface area contributed by atoms with Gasteiger partial charge in [0.2, 0.25) is 0 Å². The van der Waals surface area contributed by atoms with Crippen LogP contribution in [0.5, 0.6) is 5.75 Å². The first-order valence-electron chi connectivity index (χ1n) is 6.38. The lowest BCUT2D eigenvalue weighted by atomic mass is 10.1. The maximum atomic E-state index is 6.04. The first kappa shape index (κ1) is 14.6. The Kier molecular flexibility index (Phi) is 5.08. The largest absolute Gasteiger partial charge is 0.490 e. The highest BCUT2D eigenvalue weighted by Crippen LogP contribution is 2.25. The molecule has 4 heteroatoms. The van der Waals surface area contributed by atoms with Crippen LogP contribution < -0.4 is 10.1 Å². The summed E-state index contributed by atoms with van der Waals surface area (Å²) in [6.07, 6.45) is 2.55. The minimum Gasteiger partial charge on any atom is -0.490 e. The Morgan fingerprint density at radius 2 is 1.68 bits per heavy atom. The maximum absolute atomic E-state index is 6.04. The molecule has 0 saturated carbocycles.